The summed E-state index contributed by atoms with van der Waals surface area (Å²) in [6.45, 7) is 0.693. The molecule has 0 atom stereocenters. The van der Waals surface area contributed by atoms with Gasteiger partial charge < -0.3 is 4.74 Å². The van der Waals surface area contributed by atoms with Gasteiger partial charge in [-0.1, -0.05) is 11.6 Å². The minimum absolute atomic E-state index is 0.644. The highest BCUT2D eigenvalue weighted by Crippen LogP contribution is 2.15. The lowest BCUT2D eigenvalue weighted by Crippen LogP contribution is -2.00. The lowest BCUT2D eigenvalue weighted by atomic mass is 10.3. The molecular formula is C12H14ClNOS. The first-order chi connectivity index (χ1) is 7.83. The first-order valence-corrected chi connectivity index (χ1v) is 6.69. The lowest BCUT2D eigenvalue weighted by molar-refractivity contribution is 0.344. The van der Waals surface area contributed by atoms with Crippen LogP contribution in [0, 0.1) is 11.3 Å². The quantitative estimate of drug-likeness (QED) is 0.696. The Hall–Kier alpha value is -0.850. The molecular weight excluding hydrogens is 242 g/mol. The minimum Gasteiger partial charge on any atom is -0.493 e. The van der Waals surface area contributed by atoms with Gasteiger partial charge in [-0.05, 0) is 36.4 Å². The largest absolute Gasteiger partial charge is 0.493 e. The van der Waals surface area contributed by atoms with Gasteiger partial charge in [0.2, 0.25) is 0 Å². The normalized spacial score (nSPS) is 9.75. The Balaban J connectivity index is 2.03. The highest BCUT2D eigenvalue weighted by Gasteiger charge is 1.94. The van der Waals surface area contributed by atoms with E-state index in [-0.39, 0.29) is 0 Å². The van der Waals surface area contributed by atoms with Gasteiger partial charge in [0.25, 0.3) is 0 Å². The van der Waals surface area contributed by atoms with E-state index in [0.717, 1.165) is 28.7 Å². The van der Waals surface area contributed by atoms with Crippen LogP contribution in [-0.4, -0.2) is 18.1 Å². The number of thioether (sulfide) groups is 1. The number of benzene rings is 1. The summed E-state index contributed by atoms with van der Waals surface area (Å²) in [6, 6.07) is 9.49. The Kier molecular flexibility index (Phi) is 6.87. The van der Waals surface area contributed by atoms with Crippen molar-refractivity contribution in [3.05, 3.63) is 29.3 Å². The van der Waals surface area contributed by atoms with E-state index >= 15 is 0 Å². The Labute approximate surface area is 106 Å². The van der Waals surface area contributed by atoms with Crippen LogP contribution in [0.3, 0.4) is 0 Å². The maximum absolute atomic E-state index is 8.35. The van der Waals surface area contributed by atoms with E-state index in [9.17, 15) is 0 Å². The fourth-order valence-corrected chi connectivity index (χ4v) is 1.98. The average molecular weight is 256 g/mol. The molecule has 0 aliphatic heterocycles. The van der Waals surface area contributed by atoms with Gasteiger partial charge in [0, 0.05) is 17.2 Å². The van der Waals surface area contributed by atoms with Gasteiger partial charge in [-0.15, -0.1) is 0 Å². The molecule has 0 amide bonds. The molecule has 0 radical (unpaired) electrons. The van der Waals surface area contributed by atoms with E-state index in [1.807, 2.05) is 36.0 Å². The maximum atomic E-state index is 8.35. The Morgan fingerprint density at radius 3 is 2.69 bits per heavy atom. The fourth-order valence-electron chi connectivity index (χ4n) is 1.10. The predicted molar refractivity (Wildman–Crippen MR) is 69.1 cm³/mol. The summed E-state index contributed by atoms with van der Waals surface area (Å²) < 4.78 is 5.52. The second-order valence-electron chi connectivity index (χ2n) is 3.18. The molecule has 0 aliphatic carbocycles. The zero-order valence-corrected chi connectivity index (χ0v) is 10.6. The summed E-state index contributed by atoms with van der Waals surface area (Å²) in [5.41, 5.74) is 0. The zero-order valence-electron chi connectivity index (χ0n) is 8.99. The number of rotatable bonds is 7. The molecule has 0 fully saturated rings. The molecule has 2 nitrogen and oxygen atoms in total. The molecule has 0 N–H and O–H groups in total. The van der Waals surface area contributed by atoms with Gasteiger partial charge in [0.05, 0.1) is 12.7 Å². The van der Waals surface area contributed by atoms with Crippen molar-refractivity contribution in [2.45, 2.75) is 12.8 Å². The van der Waals surface area contributed by atoms with Crippen LogP contribution in [-0.2, 0) is 0 Å². The van der Waals surface area contributed by atoms with Crippen LogP contribution in [0.5, 0.6) is 5.75 Å². The summed E-state index contributed by atoms with van der Waals surface area (Å²) >= 11 is 7.57. The predicted octanol–water partition coefficient (Wildman–Crippen LogP) is 3.76. The van der Waals surface area contributed by atoms with Gasteiger partial charge in [0.1, 0.15) is 5.75 Å². The number of nitrogens with zero attached hydrogens (tertiary/aromatic N) is 1. The molecule has 86 valence electrons. The fraction of sp³-hybridized carbons (Fsp3) is 0.417. The number of hydrogen-bond acceptors (Lipinski definition) is 3. The molecule has 0 aromatic heterocycles. The molecule has 4 heteroatoms. The highest BCUT2D eigenvalue weighted by atomic mass is 35.5. The molecule has 1 aromatic rings. The van der Waals surface area contributed by atoms with Gasteiger partial charge >= 0.3 is 0 Å². The van der Waals surface area contributed by atoms with Gasteiger partial charge in [-0.3, -0.25) is 0 Å². The van der Waals surface area contributed by atoms with E-state index in [1.165, 1.54) is 0 Å². The summed E-state index contributed by atoms with van der Waals surface area (Å²) in [7, 11) is 0. The van der Waals surface area contributed by atoms with Crippen LogP contribution in [0.25, 0.3) is 0 Å². The second kappa shape index (κ2) is 8.32. The molecule has 0 spiro atoms. The monoisotopic (exact) mass is 255 g/mol. The van der Waals surface area contributed by atoms with Gasteiger partial charge in [-0.25, -0.2) is 0 Å². The van der Waals surface area contributed by atoms with Crippen molar-refractivity contribution in [3.63, 3.8) is 0 Å². The third kappa shape index (κ3) is 5.89. The maximum Gasteiger partial charge on any atom is 0.119 e. The molecule has 0 heterocycles. The molecule has 1 aromatic carbocycles. The zero-order chi connectivity index (χ0) is 11.6. The summed E-state index contributed by atoms with van der Waals surface area (Å²) in [6.07, 6.45) is 1.60. The topological polar surface area (TPSA) is 33.0 Å². The third-order valence-electron chi connectivity index (χ3n) is 1.89. The Morgan fingerprint density at radius 2 is 2.00 bits per heavy atom. The SMILES string of the molecule is N#CCCCSCCOc1ccc(Cl)cc1. The van der Waals surface area contributed by atoms with Crippen molar-refractivity contribution in [2.24, 2.45) is 0 Å². The van der Waals surface area contributed by atoms with Crippen molar-refractivity contribution in [1.82, 2.24) is 0 Å². The summed E-state index contributed by atoms with van der Waals surface area (Å²) in [5, 5.41) is 9.07. The molecule has 16 heavy (non-hydrogen) atoms. The first kappa shape index (κ1) is 13.2. The lowest BCUT2D eigenvalue weighted by Gasteiger charge is -2.05. The Bertz CT molecular complexity index is 334. The summed E-state index contributed by atoms with van der Waals surface area (Å²) in [4.78, 5) is 0. The van der Waals surface area contributed by atoms with Gasteiger partial charge in [0.15, 0.2) is 0 Å². The van der Waals surface area contributed by atoms with E-state index < -0.39 is 0 Å². The van der Waals surface area contributed by atoms with Crippen LogP contribution in [0.4, 0.5) is 0 Å². The molecule has 0 saturated heterocycles. The van der Waals surface area contributed by atoms with E-state index in [2.05, 4.69) is 6.07 Å². The minimum atomic E-state index is 0.644. The van der Waals surface area contributed by atoms with Crippen molar-refractivity contribution < 1.29 is 4.74 Å². The Morgan fingerprint density at radius 1 is 1.25 bits per heavy atom. The van der Waals surface area contributed by atoms with Crippen molar-refractivity contribution >= 4 is 23.4 Å². The molecule has 0 bridgehead atoms. The van der Waals surface area contributed by atoms with E-state index in [1.54, 1.807) is 0 Å². The average Bonchev–Trinajstić information content (AvgIpc) is 2.30. The summed E-state index contributed by atoms with van der Waals surface area (Å²) in [5.74, 6) is 2.83. The van der Waals surface area contributed by atoms with Crippen LogP contribution in [0.2, 0.25) is 5.02 Å². The van der Waals surface area contributed by atoms with Crippen molar-refractivity contribution in [2.75, 3.05) is 18.1 Å². The second-order valence-corrected chi connectivity index (χ2v) is 4.84. The molecule has 0 unspecified atom stereocenters. The van der Waals surface area contributed by atoms with Crippen LogP contribution >= 0.6 is 23.4 Å². The number of nitriles is 1. The highest BCUT2D eigenvalue weighted by molar-refractivity contribution is 7.99. The number of hydrogen-bond donors (Lipinski definition) is 0. The molecule has 1 rings (SSSR count). The van der Waals surface area contributed by atoms with Gasteiger partial charge in [-0.2, -0.15) is 17.0 Å². The third-order valence-corrected chi connectivity index (χ3v) is 3.17. The van der Waals surface area contributed by atoms with Crippen molar-refractivity contribution in [3.8, 4) is 11.8 Å². The number of unbranched alkanes of at least 4 members (excludes halogenated alkanes) is 1. The number of halogens is 1. The van der Waals surface area contributed by atoms with Crippen LogP contribution in [0.15, 0.2) is 24.3 Å². The first-order valence-electron chi connectivity index (χ1n) is 5.16. The molecule has 0 saturated carbocycles. The van der Waals surface area contributed by atoms with Crippen LogP contribution in [0.1, 0.15) is 12.8 Å². The van der Waals surface area contributed by atoms with E-state index in [4.69, 9.17) is 21.6 Å². The standard InChI is InChI=1S/C12H14ClNOS/c13-11-3-5-12(6-4-11)15-8-10-16-9-2-1-7-14/h3-6H,1-2,8-10H2. The van der Waals surface area contributed by atoms with E-state index in [0.29, 0.717) is 13.0 Å². The van der Waals surface area contributed by atoms with Crippen molar-refractivity contribution in [1.29, 1.82) is 5.26 Å². The van der Waals surface area contributed by atoms with Crippen LogP contribution < -0.4 is 4.74 Å². The molecule has 0 aliphatic rings. The number of ether oxygens (including phenoxy) is 1. The smallest absolute Gasteiger partial charge is 0.119 e.